The molecule has 2 aromatic carbocycles. The van der Waals surface area contributed by atoms with Crippen LogP contribution < -0.4 is 14.8 Å². The normalized spacial score (nSPS) is 14.2. The highest BCUT2D eigenvalue weighted by Crippen LogP contribution is 2.35. The van der Waals surface area contributed by atoms with Crippen LogP contribution in [0.15, 0.2) is 36.4 Å². The lowest BCUT2D eigenvalue weighted by Crippen LogP contribution is -2.32. The molecule has 0 spiro atoms. The fraction of sp³-hybridized carbons (Fsp3) is 0.381. The molecule has 0 bridgehead atoms. The second kappa shape index (κ2) is 10.3. The Labute approximate surface area is 179 Å². The lowest BCUT2D eigenvalue weighted by molar-refractivity contribution is -0.385. The van der Waals surface area contributed by atoms with Crippen LogP contribution in [0.1, 0.15) is 22.8 Å². The summed E-state index contributed by atoms with van der Waals surface area (Å²) in [7, 11) is 1.40. The number of anilines is 1. The van der Waals surface area contributed by atoms with Crippen LogP contribution in [0.4, 0.5) is 11.4 Å². The number of amides is 1. The van der Waals surface area contributed by atoms with Crippen LogP contribution in [-0.4, -0.2) is 54.0 Å². The number of para-hydroxylation sites is 1. The molecule has 1 fully saturated rings. The smallest absolute Gasteiger partial charge is 0.286 e. The van der Waals surface area contributed by atoms with Crippen molar-refractivity contribution in [1.29, 1.82) is 0 Å². The Morgan fingerprint density at radius 1 is 1.23 bits per heavy atom. The first-order chi connectivity index (χ1) is 14.5. The summed E-state index contributed by atoms with van der Waals surface area (Å²) in [5.74, 6) is 2.12. The van der Waals surface area contributed by atoms with Gasteiger partial charge in [0, 0.05) is 42.9 Å². The van der Waals surface area contributed by atoms with E-state index < -0.39 is 10.8 Å². The molecule has 1 heterocycles. The van der Waals surface area contributed by atoms with E-state index >= 15 is 0 Å². The summed E-state index contributed by atoms with van der Waals surface area (Å²) in [5, 5.41) is 14.4. The zero-order valence-corrected chi connectivity index (χ0v) is 17.9. The molecule has 0 saturated carbocycles. The third-order valence-corrected chi connectivity index (χ3v) is 5.73. The first-order valence-corrected chi connectivity index (χ1v) is 10.9. The Morgan fingerprint density at radius 2 is 1.97 bits per heavy atom. The predicted molar refractivity (Wildman–Crippen MR) is 118 cm³/mol. The van der Waals surface area contributed by atoms with Crippen molar-refractivity contribution in [1.82, 2.24) is 4.90 Å². The first kappa shape index (κ1) is 21.9. The number of carbonyl (C=O) groups excluding carboxylic acids is 1. The number of ether oxygens (including phenoxy) is 2. The van der Waals surface area contributed by atoms with Crippen molar-refractivity contribution in [2.45, 2.75) is 13.5 Å². The molecule has 0 aromatic heterocycles. The molecule has 2 aromatic rings. The Hall–Kier alpha value is -2.78. The zero-order valence-electron chi connectivity index (χ0n) is 17.1. The summed E-state index contributed by atoms with van der Waals surface area (Å²) in [6.07, 6.45) is 0. The molecule has 3 rings (SSSR count). The largest absolute Gasteiger partial charge is 0.493 e. The summed E-state index contributed by atoms with van der Waals surface area (Å²) < 4.78 is 10.7. The maximum Gasteiger partial charge on any atom is 0.286 e. The average Bonchev–Trinajstić information content (AvgIpc) is 2.75. The van der Waals surface area contributed by atoms with E-state index in [0.29, 0.717) is 18.8 Å². The number of benzene rings is 2. The number of nitrogens with one attached hydrogen (secondary N) is 1. The van der Waals surface area contributed by atoms with Gasteiger partial charge in [-0.15, -0.1) is 0 Å². The SMILES string of the molecule is CCOc1cc(C(=O)Nc2ccccc2CN2CCSCC2)c([N+](=O)[O-])cc1OC. The van der Waals surface area contributed by atoms with Crippen LogP contribution in [-0.2, 0) is 6.54 Å². The van der Waals surface area contributed by atoms with Crippen molar-refractivity contribution in [3.05, 3.63) is 57.6 Å². The predicted octanol–water partition coefficient (Wildman–Crippen LogP) is 3.80. The minimum atomic E-state index is -0.593. The Bertz CT molecular complexity index is 916. The molecule has 1 saturated heterocycles. The van der Waals surface area contributed by atoms with Crippen molar-refractivity contribution in [3.8, 4) is 11.5 Å². The average molecular weight is 432 g/mol. The molecule has 0 aliphatic carbocycles. The van der Waals surface area contributed by atoms with Gasteiger partial charge in [-0.3, -0.25) is 19.8 Å². The number of methoxy groups -OCH3 is 1. The number of carbonyl (C=O) groups is 1. The number of nitrogens with zero attached hydrogens (tertiary/aromatic N) is 2. The number of nitro groups is 1. The first-order valence-electron chi connectivity index (χ1n) is 9.72. The van der Waals surface area contributed by atoms with Gasteiger partial charge in [0.05, 0.1) is 24.7 Å². The molecule has 0 radical (unpaired) electrons. The second-order valence-corrected chi connectivity index (χ2v) is 7.93. The Morgan fingerprint density at radius 3 is 2.63 bits per heavy atom. The standard InChI is InChI=1S/C21H25N3O5S/c1-3-29-20-12-16(18(24(26)27)13-19(20)28-2)21(25)22-17-7-5-4-6-15(17)14-23-8-10-30-11-9-23/h4-7,12-13H,3,8-11,14H2,1-2H3,(H,22,25). The Balaban J connectivity index is 1.88. The van der Waals surface area contributed by atoms with Gasteiger partial charge in [0.2, 0.25) is 0 Å². The van der Waals surface area contributed by atoms with E-state index in [1.807, 2.05) is 36.0 Å². The van der Waals surface area contributed by atoms with E-state index in [-0.39, 0.29) is 22.7 Å². The van der Waals surface area contributed by atoms with Crippen molar-refractivity contribution in [2.75, 3.05) is 43.6 Å². The topological polar surface area (TPSA) is 93.9 Å². The van der Waals surface area contributed by atoms with Crippen molar-refractivity contribution < 1.29 is 19.2 Å². The molecule has 8 nitrogen and oxygen atoms in total. The van der Waals surface area contributed by atoms with Gasteiger partial charge in [0.15, 0.2) is 11.5 Å². The lowest BCUT2D eigenvalue weighted by atomic mass is 10.1. The minimum absolute atomic E-state index is 0.0755. The summed E-state index contributed by atoms with van der Waals surface area (Å²) in [4.78, 5) is 26.3. The summed E-state index contributed by atoms with van der Waals surface area (Å²) in [5.41, 5.74) is 1.20. The quantitative estimate of drug-likeness (QED) is 0.502. The van der Waals surface area contributed by atoms with Gasteiger partial charge < -0.3 is 14.8 Å². The molecule has 1 amide bonds. The lowest BCUT2D eigenvalue weighted by Gasteiger charge is -2.27. The molecule has 1 N–H and O–H groups in total. The second-order valence-electron chi connectivity index (χ2n) is 6.71. The molecule has 1 aliphatic heterocycles. The highest BCUT2D eigenvalue weighted by molar-refractivity contribution is 7.99. The summed E-state index contributed by atoms with van der Waals surface area (Å²) in [6.45, 7) is 4.83. The maximum absolute atomic E-state index is 13.0. The van der Waals surface area contributed by atoms with Gasteiger partial charge >= 0.3 is 0 Å². The number of hydrogen-bond acceptors (Lipinski definition) is 7. The minimum Gasteiger partial charge on any atom is -0.493 e. The van der Waals surface area contributed by atoms with Crippen LogP contribution in [0.25, 0.3) is 0 Å². The van der Waals surface area contributed by atoms with Gasteiger partial charge in [-0.2, -0.15) is 11.8 Å². The maximum atomic E-state index is 13.0. The number of rotatable bonds is 8. The van der Waals surface area contributed by atoms with Crippen LogP contribution in [0, 0.1) is 10.1 Å². The number of thioether (sulfide) groups is 1. The van der Waals surface area contributed by atoms with Crippen molar-refractivity contribution in [3.63, 3.8) is 0 Å². The summed E-state index contributed by atoms with van der Waals surface area (Å²) in [6, 6.07) is 10.1. The third-order valence-electron chi connectivity index (χ3n) is 4.79. The van der Waals surface area contributed by atoms with Crippen molar-refractivity contribution >= 4 is 29.0 Å². The van der Waals surface area contributed by atoms with Gasteiger partial charge in [0.25, 0.3) is 11.6 Å². The van der Waals surface area contributed by atoms with Crippen LogP contribution >= 0.6 is 11.8 Å². The van der Waals surface area contributed by atoms with Crippen LogP contribution in [0.3, 0.4) is 0 Å². The van der Waals surface area contributed by atoms with E-state index in [1.165, 1.54) is 19.2 Å². The van der Waals surface area contributed by atoms with Gasteiger partial charge in [0.1, 0.15) is 5.56 Å². The zero-order chi connectivity index (χ0) is 21.5. The monoisotopic (exact) mass is 431 g/mol. The van der Waals surface area contributed by atoms with E-state index in [0.717, 1.165) is 30.2 Å². The third kappa shape index (κ3) is 5.22. The van der Waals surface area contributed by atoms with Gasteiger partial charge in [-0.05, 0) is 18.6 Å². The number of hydrogen-bond donors (Lipinski definition) is 1. The highest BCUT2D eigenvalue weighted by atomic mass is 32.2. The molecular weight excluding hydrogens is 406 g/mol. The van der Waals surface area contributed by atoms with E-state index in [1.54, 1.807) is 6.92 Å². The summed E-state index contributed by atoms with van der Waals surface area (Å²) >= 11 is 1.94. The van der Waals surface area contributed by atoms with E-state index in [9.17, 15) is 14.9 Å². The van der Waals surface area contributed by atoms with E-state index in [4.69, 9.17) is 9.47 Å². The molecule has 9 heteroatoms. The van der Waals surface area contributed by atoms with Crippen LogP contribution in [0.2, 0.25) is 0 Å². The molecule has 0 atom stereocenters. The fourth-order valence-electron chi connectivity index (χ4n) is 3.28. The highest BCUT2D eigenvalue weighted by Gasteiger charge is 2.25. The number of nitro benzene ring substituents is 1. The molecule has 30 heavy (non-hydrogen) atoms. The van der Waals surface area contributed by atoms with Gasteiger partial charge in [-0.1, -0.05) is 18.2 Å². The molecular formula is C21H25N3O5S. The molecule has 160 valence electrons. The van der Waals surface area contributed by atoms with Crippen LogP contribution in [0.5, 0.6) is 11.5 Å². The molecule has 0 unspecified atom stereocenters. The van der Waals surface area contributed by atoms with Crippen molar-refractivity contribution in [2.24, 2.45) is 0 Å². The van der Waals surface area contributed by atoms with E-state index in [2.05, 4.69) is 10.2 Å². The van der Waals surface area contributed by atoms with Gasteiger partial charge in [-0.25, -0.2) is 0 Å². The molecule has 1 aliphatic rings. The fourth-order valence-corrected chi connectivity index (χ4v) is 4.26. The Kier molecular flexibility index (Phi) is 7.53.